The van der Waals surface area contributed by atoms with Gasteiger partial charge in [-0.1, -0.05) is 27.3 Å². The molecule has 5 fully saturated rings. The number of hydrogen-bond acceptors (Lipinski definition) is 38. The predicted molar refractivity (Wildman–Crippen MR) is 387 cm³/mol. The lowest BCUT2D eigenvalue weighted by Gasteiger charge is -2.42. The molecule has 1 saturated carbocycles. The van der Waals surface area contributed by atoms with Gasteiger partial charge in [-0.2, -0.15) is 5.53 Å². The Balaban J connectivity index is 0.912. The van der Waals surface area contributed by atoms with Gasteiger partial charge in [-0.3, -0.25) is 38.8 Å². The van der Waals surface area contributed by atoms with Crippen LogP contribution in [-0.4, -0.2) is 393 Å². The van der Waals surface area contributed by atoms with Gasteiger partial charge in [0.05, 0.1) is 160 Å². The summed E-state index contributed by atoms with van der Waals surface area (Å²) in [4.78, 5) is 66.2. The summed E-state index contributed by atoms with van der Waals surface area (Å²) in [6.07, 6.45) is -10.3. The van der Waals surface area contributed by atoms with Gasteiger partial charge in [-0.25, -0.2) is 14.0 Å². The van der Waals surface area contributed by atoms with Gasteiger partial charge in [0.2, 0.25) is 29.5 Å². The van der Waals surface area contributed by atoms with E-state index in [1.807, 2.05) is 11.8 Å². The standard InChI is InChI=1S/C68H115N19O28/c1-39(27-84(78-69)11-14-104-19-24-111-67-68(74-43(5)95)25-47(68)56(96)49(34-88)115-67)26-83(30-46-33-87(81-77-46)38-107-20-23-110-66-55(73-42(4)94)62(102)59(99)52(37-91)114-66)48(63(103)70-6)9-7-8-10-82(28-44-31-85(79-75-44)12-15-105-17-21-108-64-53(71-40(2)92)60(100)57(97)50(35-89)112-64)29-45-32-86(80-76-45)13-16-106-18-22-109-65-54(72-41(3)93)61(101)58(98)51(36-90)113-65/h27,31-33,47-62,64-67,69,88-91,96-102H,7-26,28-30,34-38H2,1-6H3,(H,70,103)(H,71,92)(H,72,93)(H,73,94)(H,74,95)/b39-27+,78-69?. The van der Waals surface area contributed by atoms with E-state index in [2.05, 4.69) is 67.6 Å². The maximum absolute atomic E-state index is 14.3. The van der Waals surface area contributed by atoms with Crippen LogP contribution in [0.4, 0.5) is 0 Å². The molecule has 650 valence electrons. The number of carbonyl (C=O) groups is 5. The summed E-state index contributed by atoms with van der Waals surface area (Å²) in [5.74, 6) is -2.51. The van der Waals surface area contributed by atoms with Crippen LogP contribution in [0.1, 0.15) is 77.4 Å². The molecule has 1 aliphatic carbocycles. The molecule has 4 saturated heterocycles. The molecular weight excluding hydrogens is 1530 g/mol. The van der Waals surface area contributed by atoms with Gasteiger partial charge in [0.25, 0.3) is 0 Å². The molecular formula is C68H115N19O28. The molecule has 21 atom stereocenters. The molecule has 47 nitrogen and oxygen atoms in total. The quantitative estimate of drug-likeness (QED) is 0.0142. The van der Waals surface area contributed by atoms with Gasteiger partial charge in [-0.15, -0.1) is 15.3 Å². The Morgan fingerprint density at radius 3 is 1.43 bits per heavy atom. The number of aliphatic hydroxyl groups is 11. The minimum atomic E-state index is -1.51. The van der Waals surface area contributed by atoms with Crippen molar-refractivity contribution in [3.8, 4) is 0 Å². The first-order valence-electron chi connectivity index (χ1n) is 38.1. The second-order valence-electron chi connectivity index (χ2n) is 28.5. The van der Waals surface area contributed by atoms with Gasteiger partial charge in [0.1, 0.15) is 85.9 Å². The van der Waals surface area contributed by atoms with E-state index in [1.165, 1.54) is 44.4 Å². The molecule has 115 heavy (non-hydrogen) atoms. The summed E-state index contributed by atoms with van der Waals surface area (Å²) in [5, 5.41) is 157. The van der Waals surface area contributed by atoms with Crippen LogP contribution in [0, 0.1) is 11.4 Å². The van der Waals surface area contributed by atoms with Crippen LogP contribution in [0.15, 0.2) is 35.6 Å². The van der Waals surface area contributed by atoms with Crippen LogP contribution in [0.3, 0.4) is 0 Å². The topological polar surface area (TPSA) is 617 Å². The third kappa shape index (κ3) is 27.8. The van der Waals surface area contributed by atoms with E-state index in [0.29, 0.717) is 54.9 Å². The number of hydrogen-bond donors (Lipinski definition) is 17. The van der Waals surface area contributed by atoms with E-state index >= 15 is 0 Å². The number of ether oxygens (including phenoxy) is 12. The lowest BCUT2D eigenvalue weighted by atomic mass is 9.97. The SMILES string of the molecule is CNC(=O)C(CCCCN(Cc1cn(CCOCCOC2OC(CO)C(O)C(O)C2NC(C)=O)nn1)Cc1cn(CCOCCOC2OC(CO)C(O)C(O)C2NC(C)=O)nn1)N(C/C(C)=C/N(CCOCCOC1OC(CO)C(O)C2CC12NC(C)=O)N=N)Cc1cn(COCCOC2OC(CO)C(O)C(O)C2NC(C)=O)nn1. The molecule has 47 heteroatoms. The third-order valence-corrected chi connectivity index (χ3v) is 19.6. The van der Waals surface area contributed by atoms with E-state index in [-0.39, 0.29) is 143 Å². The maximum Gasteiger partial charge on any atom is 0.237 e. The average molecular weight is 1650 g/mol. The monoisotopic (exact) mass is 1650 g/mol. The Kier molecular flexibility index (Phi) is 38.1. The summed E-state index contributed by atoms with van der Waals surface area (Å²) in [6.45, 7) is 6.76. The fourth-order valence-corrected chi connectivity index (χ4v) is 13.9. The molecule has 4 aliphatic heterocycles. The highest BCUT2D eigenvalue weighted by atomic mass is 16.7. The molecule has 8 rings (SSSR count). The van der Waals surface area contributed by atoms with Gasteiger partial charge in [0, 0.05) is 85.4 Å². The van der Waals surface area contributed by atoms with E-state index in [4.69, 9.17) is 62.4 Å². The lowest BCUT2D eigenvalue weighted by molar-refractivity contribution is -0.272. The highest BCUT2D eigenvalue weighted by Crippen LogP contribution is 2.54. The Labute approximate surface area is 662 Å². The van der Waals surface area contributed by atoms with Crippen molar-refractivity contribution in [3.63, 3.8) is 0 Å². The summed E-state index contributed by atoms with van der Waals surface area (Å²) in [5.41, 5.74) is 9.45. The Hall–Kier alpha value is -7.09. The van der Waals surface area contributed by atoms with E-state index in [0.717, 1.165) is 0 Å². The van der Waals surface area contributed by atoms with Gasteiger partial charge < -0.3 is 140 Å². The molecule has 17 N–H and O–H groups in total. The first kappa shape index (κ1) is 93.4. The molecule has 3 aromatic heterocycles. The highest BCUT2D eigenvalue weighted by Gasteiger charge is 2.69. The summed E-state index contributed by atoms with van der Waals surface area (Å²) in [7, 11) is 1.53. The maximum atomic E-state index is 14.3. The fraction of sp³-hybridized carbons (Fsp3) is 0.809. The molecule has 7 heterocycles. The molecule has 3 aromatic rings. The van der Waals surface area contributed by atoms with Crippen molar-refractivity contribution >= 4 is 29.5 Å². The van der Waals surface area contributed by atoms with Crippen molar-refractivity contribution in [1.82, 2.24) is 86.4 Å². The van der Waals surface area contributed by atoms with E-state index in [9.17, 15) is 80.1 Å². The smallest absolute Gasteiger partial charge is 0.237 e. The minimum absolute atomic E-state index is 0.0294. The lowest BCUT2D eigenvalue weighted by Crippen LogP contribution is -2.64. The second kappa shape index (κ2) is 46.9. The molecule has 5 aliphatic rings. The molecule has 0 bridgehead atoms. The number of amides is 5. The Morgan fingerprint density at radius 2 is 0.983 bits per heavy atom. The van der Waals surface area contributed by atoms with Crippen molar-refractivity contribution in [2.24, 2.45) is 11.1 Å². The molecule has 21 unspecified atom stereocenters. The number of aromatic nitrogens is 9. The van der Waals surface area contributed by atoms with Crippen molar-refractivity contribution < 1.29 is 137 Å². The summed E-state index contributed by atoms with van der Waals surface area (Å²) < 4.78 is 74.1. The number of rotatable bonds is 52. The molecule has 0 aromatic carbocycles. The molecule has 0 spiro atoms. The average Bonchev–Trinajstić information content (AvgIpc) is 1.55. The zero-order valence-corrected chi connectivity index (χ0v) is 65.3. The van der Waals surface area contributed by atoms with E-state index < -0.39 is 166 Å². The van der Waals surface area contributed by atoms with Crippen molar-refractivity contribution in [1.29, 1.82) is 5.53 Å². The van der Waals surface area contributed by atoms with Crippen LogP contribution in [0.5, 0.6) is 0 Å². The Bertz CT molecular complexity index is 3380. The number of carbonyl (C=O) groups excluding carboxylic acids is 5. The zero-order chi connectivity index (χ0) is 83.3. The largest absolute Gasteiger partial charge is 0.394 e. The van der Waals surface area contributed by atoms with Crippen LogP contribution in [-0.2, 0) is 120 Å². The number of fused-ring (bicyclic) bond motifs is 1. The summed E-state index contributed by atoms with van der Waals surface area (Å²) >= 11 is 0. The van der Waals surface area contributed by atoms with Crippen LogP contribution in [0.25, 0.3) is 0 Å². The predicted octanol–water partition coefficient (Wildman–Crippen LogP) is -8.70. The van der Waals surface area contributed by atoms with Crippen LogP contribution < -0.4 is 26.6 Å². The van der Waals surface area contributed by atoms with Crippen molar-refractivity contribution in [2.75, 3.05) is 126 Å². The number of aliphatic hydroxyl groups excluding tert-OH is 11. The fourth-order valence-electron chi connectivity index (χ4n) is 13.9. The van der Waals surface area contributed by atoms with Gasteiger partial charge >= 0.3 is 0 Å². The number of nitrogens with one attached hydrogen (secondary N) is 6. The number of likely N-dealkylation sites (N-methyl/N-ethyl adjacent to an activating group) is 1. The van der Waals surface area contributed by atoms with Crippen LogP contribution >= 0.6 is 0 Å². The Morgan fingerprint density at radius 1 is 0.548 bits per heavy atom. The summed E-state index contributed by atoms with van der Waals surface area (Å²) in [6, 6.07) is -4.19. The minimum Gasteiger partial charge on any atom is -0.394 e. The zero-order valence-electron chi connectivity index (χ0n) is 65.3. The number of nitrogens with zero attached hydrogens (tertiary/aromatic N) is 13. The third-order valence-electron chi connectivity index (χ3n) is 19.6. The second-order valence-corrected chi connectivity index (χ2v) is 28.5. The number of unbranched alkanes of at least 4 members (excludes halogenated alkanes) is 1. The first-order valence-corrected chi connectivity index (χ1v) is 38.1. The molecule has 5 amide bonds. The highest BCUT2D eigenvalue weighted by molar-refractivity contribution is 5.81. The van der Waals surface area contributed by atoms with E-state index in [1.54, 1.807) is 34.2 Å². The normalized spacial score (nSPS) is 29.1. The van der Waals surface area contributed by atoms with Gasteiger partial charge in [-0.05, 0) is 38.3 Å². The first-order chi connectivity index (χ1) is 55.2. The van der Waals surface area contributed by atoms with Crippen molar-refractivity contribution in [3.05, 3.63) is 47.4 Å². The van der Waals surface area contributed by atoms with Crippen molar-refractivity contribution in [2.45, 2.75) is 222 Å². The molecule has 0 radical (unpaired) electrons. The van der Waals surface area contributed by atoms with Crippen LogP contribution in [0.2, 0.25) is 0 Å². The van der Waals surface area contributed by atoms with Gasteiger partial charge in [0.15, 0.2) is 25.2 Å².